The molecular weight excluding hydrogens is 316 g/mol. The number of ketones is 1. The van der Waals surface area contributed by atoms with E-state index in [9.17, 15) is 9.59 Å². The van der Waals surface area contributed by atoms with Crippen molar-refractivity contribution in [2.75, 3.05) is 11.9 Å². The average molecular weight is 340 g/mol. The minimum atomic E-state index is -0.207. The van der Waals surface area contributed by atoms with E-state index in [0.717, 1.165) is 12.1 Å². The van der Waals surface area contributed by atoms with E-state index < -0.39 is 0 Å². The van der Waals surface area contributed by atoms with Gasteiger partial charge in [0.1, 0.15) is 17.3 Å². The Bertz CT molecular complexity index is 755. The van der Waals surface area contributed by atoms with E-state index in [4.69, 9.17) is 0 Å². The molecular formula is C19H24N4O2. The van der Waals surface area contributed by atoms with Gasteiger partial charge in [0.2, 0.25) is 0 Å². The van der Waals surface area contributed by atoms with E-state index in [2.05, 4.69) is 34.4 Å². The molecule has 1 aromatic carbocycles. The molecule has 1 amide bonds. The molecule has 0 unspecified atom stereocenters. The smallest absolute Gasteiger partial charge is 0.270 e. The molecule has 0 aliphatic carbocycles. The largest absolute Gasteiger partial charge is 0.351 e. The molecule has 0 atom stereocenters. The number of benzene rings is 1. The van der Waals surface area contributed by atoms with Crippen LogP contribution in [0.5, 0.6) is 0 Å². The summed E-state index contributed by atoms with van der Waals surface area (Å²) in [4.78, 5) is 32.1. The van der Waals surface area contributed by atoms with Crippen molar-refractivity contribution in [1.29, 1.82) is 0 Å². The zero-order valence-corrected chi connectivity index (χ0v) is 15.1. The first-order valence-electron chi connectivity index (χ1n) is 8.37. The molecule has 2 rings (SSSR count). The molecule has 1 heterocycles. The molecule has 0 aliphatic heterocycles. The van der Waals surface area contributed by atoms with Gasteiger partial charge in [0, 0.05) is 23.9 Å². The van der Waals surface area contributed by atoms with Gasteiger partial charge in [-0.3, -0.25) is 9.59 Å². The van der Waals surface area contributed by atoms with Crippen molar-refractivity contribution in [3.63, 3.8) is 0 Å². The van der Waals surface area contributed by atoms with E-state index in [0.29, 0.717) is 35.4 Å². The fourth-order valence-corrected chi connectivity index (χ4v) is 2.25. The maximum absolute atomic E-state index is 12.2. The second-order valence-corrected chi connectivity index (χ2v) is 6.38. The lowest BCUT2D eigenvalue weighted by atomic mass is 10.1. The molecule has 0 spiro atoms. The molecule has 1 aromatic heterocycles. The lowest BCUT2D eigenvalue weighted by molar-refractivity contribution is 0.0945. The first-order chi connectivity index (χ1) is 11.8. The van der Waals surface area contributed by atoms with Crippen LogP contribution in [0.3, 0.4) is 0 Å². The first-order valence-corrected chi connectivity index (χ1v) is 8.37. The Hall–Kier alpha value is -2.76. The monoisotopic (exact) mass is 340 g/mol. The van der Waals surface area contributed by atoms with Crippen molar-refractivity contribution in [2.45, 2.75) is 34.1 Å². The van der Waals surface area contributed by atoms with Crippen LogP contribution in [0, 0.1) is 12.8 Å². The Labute approximate surface area is 148 Å². The first kappa shape index (κ1) is 18.6. The number of carbonyl (C=O) groups is 2. The van der Waals surface area contributed by atoms with Crippen LogP contribution in [0.1, 0.15) is 53.9 Å². The minimum absolute atomic E-state index is 0.0183. The predicted molar refractivity (Wildman–Crippen MR) is 98.3 cm³/mol. The maximum Gasteiger partial charge on any atom is 0.270 e. The van der Waals surface area contributed by atoms with E-state index in [-0.39, 0.29) is 11.7 Å². The quantitative estimate of drug-likeness (QED) is 0.754. The highest BCUT2D eigenvalue weighted by Crippen LogP contribution is 2.16. The van der Waals surface area contributed by atoms with Gasteiger partial charge in [-0.15, -0.1) is 0 Å². The molecule has 6 heteroatoms. The van der Waals surface area contributed by atoms with Crippen LogP contribution in [0.15, 0.2) is 30.3 Å². The number of carbonyl (C=O) groups excluding carboxylic acids is 2. The predicted octanol–water partition coefficient (Wildman–Crippen LogP) is 3.51. The van der Waals surface area contributed by atoms with Gasteiger partial charge in [-0.2, -0.15) is 0 Å². The van der Waals surface area contributed by atoms with Gasteiger partial charge < -0.3 is 10.6 Å². The van der Waals surface area contributed by atoms with Crippen molar-refractivity contribution in [2.24, 2.45) is 5.92 Å². The van der Waals surface area contributed by atoms with Gasteiger partial charge in [0.15, 0.2) is 5.78 Å². The molecule has 0 bridgehead atoms. The Morgan fingerprint density at radius 1 is 1.12 bits per heavy atom. The number of Topliss-reactive ketones (excluding diaryl/α,β-unsaturated/α-hetero) is 1. The summed E-state index contributed by atoms with van der Waals surface area (Å²) in [5.41, 5.74) is 1.77. The zero-order chi connectivity index (χ0) is 18.4. The molecule has 25 heavy (non-hydrogen) atoms. The molecule has 0 radical (unpaired) electrons. The average Bonchev–Trinajstić information content (AvgIpc) is 2.54. The fourth-order valence-electron chi connectivity index (χ4n) is 2.25. The molecule has 6 nitrogen and oxygen atoms in total. The number of amides is 1. The summed E-state index contributed by atoms with van der Waals surface area (Å²) in [6.45, 7) is 8.12. The van der Waals surface area contributed by atoms with E-state index in [1.165, 1.54) is 6.92 Å². The van der Waals surface area contributed by atoms with Crippen molar-refractivity contribution in [1.82, 2.24) is 15.3 Å². The highest BCUT2D eigenvalue weighted by molar-refractivity contribution is 5.94. The van der Waals surface area contributed by atoms with Gasteiger partial charge >= 0.3 is 0 Å². The Morgan fingerprint density at radius 3 is 2.40 bits per heavy atom. The van der Waals surface area contributed by atoms with E-state index in [1.54, 1.807) is 37.3 Å². The van der Waals surface area contributed by atoms with Crippen LogP contribution in [-0.4, -0.2) is 28.2 Å². The van der Waals surface area contributed by atoms with Crippen LogP contribution >= 0.6 is 0 Å². The Kier molecular flexibility index (Phi) is 6.22. The van der Waals surface area contributed by atoms with Crippen LogP contribution in [-0.2, 0) is 0 Å². The summed E-state index contributed by atoms with van der Waals surface area (Å²) in [6.07, 6.45) is 0.920. The number of nitrogens with zero attached hydrogens (tertiary/aromatic N) is 2. The molecule has 0 saturated carbocycles. The summed E-state index contributed by atoms with van der Waals surface area (Å²) in [5.74, 6) is 1.39. The molecule has 0 saturated heterocycles. The fraction of sp³-hybridized carbons (Fsp3) is 0.368. The maximum atomic E-state index is 12.2. The lowest BCUT2D eigenvalue weighted by Gasteiger charge is -2.10. The normalized spacial score (nSPS) is 10.6. The van der Waals surface area contributed by atoms with Crippen molar-refractivity contribution >= 4 is 23.2 Å². The number of anilines is 2. The summed E-state index contributed by atoms with van der Waals surface area (Å²) in [7, 11) is 0. The van der Waals surface area contributed by atoms with Crippen LogP contribution in [0.4, 0.5) is 11.5 Å². The summed E-state index contributed by atoms with van der Waals surface area (Å²) >= 11 is 0. The number of aryl methyl sites for hydroxylation is 1. The minimum Gasteiger partial charge on any atom is -0.351 e. The number of aromatic nitrogens is 2. The topological polar surface area (TPSA) is 84.0 Å². The number of hydrogen-bond acceptors (Lipinski definition) is 5. The van der Waals surface area contributed by atoms with Crippen LogP contribution < -0.4 is 10.6 Å². The standard InChI is InChI=1S/C19H24N4O2/c1-12(2)9-10-20-19(25)17-11-18(22-14(4)21-17)23-16-7-5-15(6-8-16)13(3)24/h5-8,11-12H,9-10H2,1-4H3,(H,20,25)(H,21,22,23). The van der Waals surface area contributed by atoms with Crippen molar-refractivity contribution < 1.29 is 9.59 Å². The van der Waals surface area contributed by atoms with Crippen LogP contribution in [0.2, 0.25) is 0 Å². The second kappa shape index (κ2) is 8.37. The van der Waals surface area contributed by atoms with Gasteiger partial charge in [0.25, 0.3) is 5.91 Å². The third-order valence-corrected chi connectivity index (χ3v) is 3.64. The lowest BCUT2D eigenvalue weighted by Crippen LogP contribution is -2.26. The number of nitrogens with one attached hydrogen (secondary N) is 2. The van der Waals surface area contributed by atoms with E-state index in [1.807, 2.05) is 0 Å². The molecule has 2 aromatic rings. The molecule has 0 aliphatic rings. The third kappa shape index (κ3) is 5.67. The highest BCUT2D eigenvalue weighted by Gasteiger charge is 2.11. The van der Waals surface area contributed by atoms with Crippen molar-refractivity contribution in [3.8, 4) is 0 Å². The zero-order valence-electron chi connectivity index (χ0n) is 15.1. The van der Waals surface area contributed by atoms with Gasteiger partial charge in [0.05, 0.1) is 0 Å². The Morgan fingerprint density at radius 2 is 1.80 bits per heavy atom. The number of hydrogen-bond donors (Lipinski definition) is 2. The Balaban J connectivity index is 2.10. The van der Waals surface area contributed by atoms with E-state index >= 15 is 0 Å². The second-order valence-electron chi connectivity index (χ2n) is 6.38. The third-order valence-electron chi connectivity index (χ3n) is 3.64. The highest BCUT2D eigenvalue weighted by atomic mass is 16.1. The molecule has 0 fully saturated rings. The number of rotatable bonds is 7. The summed E-state index contributed by atoms with van der Waals surface area (Å²) in [6, 6.07) is 8.72. The van der Waals surface area contributed by atoms with Crippen LogP contribution in [0.25, 0.3) is 0 Å². The molecule has 132 valence electrons. The SMILES string of the molecule is CC(=O)c1ccc(Nc2cc(C(=O)NCCC(C)C)nc(C)n2)cc1. The van der Waals surface area contributed by atoms with Gasteiger partial charge in [-0.05, 0) is 50.5 Å². The van der Waals surface area contributed by atoms with Gasteiger partial charge in [-0.1, -0.05) is 13.8 Å². The molecule has 2 N–H and O–H groups in total. The summed E-state index contributed by atoms with van der Waals surface area (Å²) in [5, 5.41) is 6.01. The summed E-state index contributed by atoms with van der Waals surface area (Å²) < 4.78 is 0. The van der Waals surface area contributed by atoms with Crippen molar-refractivity contribution in [3.05, 3.63) is 47.4 Å². The van der Waals surface area contributed by atoms with Gasteiger partial charge in [-0.25, -0.2) is 9.97 Å².